The number of methoxy groups -OCH3 is 1. The van der Waals surface area contributed by atoms with Crippen LogP contribution in [-0.4, -0.2) is 23.3 Å². The van der Waals surface area contributed by atoms with Crippen LogP contribution in [0.2, 0.25) is 5.02 Å². The number of carbonyl (C=O) groups excluding carboxylic acids is 1. The molecule has 1 N–H and O–H groups in total. The number of rotatable bonds is 2. The van der Waals surface area contributed by atoms with Gasteiger partial charge in [0.1, 0.15) is 0 Å². The smallest absolute Gasteiger partial charge is 0.339 e. The molecular weight excluding hydrogens is 228 g/mol. The Kier molecular flexibility index (Phi) is 2.66. The second-order valence-corrected chi connectivity index (χ2v) is 3.58. The molecule has 0 aliphatic carbocycles. The van der Waals surface area contributed by atoms with Crippen molar-refractivity contribution in [1.29, 1.82) is 0 Å². The molecule has 0 amide bonds. The van der Waals surface area contributed by atoms with E-state index in [0.717, 1.165) is 0 Å². The Morgan fingerprint density at radius 2 is 2.44 bits per heavy atom. The molecule has 2 rings (SSSR count). The minimum atomic E-state index is -0.455. The van der Waals surface area contributed by atoms with E-state index >= 15 is 0 Å². The summed E-state index contributed by atoms with van der Waals surface area (Å²) in [5, 5.41) is 7.73. The summed E-state index contributed by atoms with van der Waals surface area (Å²) in [5.41, 5.74) is 1.63. The van der Waals surface area contributed by atoms with Gasteiger partial charge in [0.2, 0.25) is 0 Å². The van der Waals surface area contributed by atoms with Crippen molar-refractivity contribution in [1.82, 2.24) is 10.2 Å². The zero-order valence-electron chi connectivity index (χ0n) is 8.58. The molecule has 0 aliphatic heterocycles. The highest BCUT2D eigenvalue weighted by Crippen LogP contribution is 2.29. The molecule has 0 bridgehead atoms. The van der Waals surface area contributed by atoms with Gasteiger partial charge in [-0.25, -0.2) is 4.79 Å². The first kappa shape index (κ1) is 10.7. The van der Waals surface area contributed by atoms with Crippen molar-refractivity contribution in [2.45, 2.75) is 0 Å². The zero-order valence-corrected chi connectivity index (χ0v) is 9.34. The highest BCUT2D eigenvalue weighted by atomic mass is 35.5. The van der Waals surface area contributed by atoms with Gasteiger partial charge >= 0.3 is 5.97 Å². The van der Waals surface area contributed by atoms with Crippen LogP contribution in [-0.2, 0) is 4.74 Å². The summed E-state index contributed by atoms with van der Waals surface area (Å²) in [6.07, 6.45) is 3.09. The molecule has 0 saturated carbocycles. The average molecular weight is 237 g/mol. The van der Waals surface area contributed by atoms with Crippen LogP contribution in [0.1, 0.15) is 15.9 Å². The van der Waals surface area contributed by atoms with Crippen molar-refractivity contribution in [2.24, 2.45) is 0 Å². The fourth-order valence-electron chi connectivity index (χ4n) is 1.60. The van der Waals surface area contributed by atoms with Crippen molar-refractivity contribution >= 4 is 34.5 Å². The second kappa shape index (κ2) is 3.98. The lowest BCUT2D eigenvalue weighted by Gasteiger charge is -2.07. The van der Waals surface area contributed by atoms with Crippen LogP contribution in [0.15, 0.2) is 18.8 Å². The number of carbonyl (C=O) groups is 1. The van der Waals surface area contributed by atoms with Gasteiger partial charge in [-0.2, -0.15) is 5.10 Å². The van der Waals surface area contributed by atoms with Gasteiger partial charge in [0.15, 0.2) is 0 Å². The molecule has 1 heterocycles. The van der Waals surface area contributed by atoms with E-state index in [1.165, 1.54) is 13.2 Å². The fraction of sp³-hybridized carbons (Fsp3) is 0.0909. The molecule has 0 spiro atoms. The Hall–Kier alpha value is -1.81. The van der Waals surface area contributed by atoms with E-state index in [9.17, 15) is 4.79 Å². The van der Waals surface area contributed by atoms with Crippen molar-refractivity contribution in [3.8, 4) is 0 Å². The molecule has 0 saturated heterocycles. The molecule has 1 aromatic heterocycles. The number of esters is 1. The minimum Gasteiger partial charge on any atom is -0.465 e. The van der Waals surface area contributed by atoms with Crippen LogP contribution >= 0.6 is 11.6 Å². The highest BCUT2D eigenvalue weighted by Gasteiger charge is 2.18. The molecular formula is C11H9ClN2O2. The number of ether oxygens (including phenoxy) is 1. The van der Waals surface area contributed by atoms with Crippen molar-refractivity contribution in [3.63, 3.8) is 0 Å². The third kappa shape index (κ3) is 1.47. The van der Waals surface area contributed by atoms with Gasteiger partial charge in [-0.05, 0) is 6.07 Å². The monoisotopic (exact) mass is 236 g/mol. The number of aromatic amines is 1. The third-order valence-corrected chi connectivity index (χ3v) is 2.64. The SMILES string of the molecule is C=Cc1c(Cl)cc2[nH]ncc2c1C(=O)OC. The Bertz CT molecular complexity index is 575. The summed E-state index contributed by atoms with van der Waals surface area (Å²) in [6.45, 7) is 3.64. The topological polar surface area (TPSA) is 55.0 Å². The molecule has 0 atom stereocenters. The van der Waals surface area contributed by atoms with Crippen molar-refractivity contribution < 1.29 is 9.53 Å². The van der Waals surface area contributed by atoms with Gasteiger partial charge < -0.3 is 4.74 Å². The molecule has 0 aliphatic rings. The lowest BCUT2D eigenvalue weighted by atomic mass is 10.0. The maximum absolute atomic E-state index is 11.7. The lowest BCUT2D eigenvalue weighted by molar-refractivity contribution is 0.0603. The molecule has 0 radical (unpaired) electrons. The molecule has 2 aromatic rings. The number of fused-ring (bicyclic) bond motifs is 1. The van der Waals surface area contributed by atoms with E-state index in [1.54, 1.807) is 12.3 Å². The summed E-state index contributed by atoms with van der Waals surface area (Å²) in [6, 6.07) is 1.70. The number of nitrogens with one attached hydrogen (secondary N) is 1. The van der Waals surface area contributed by atoms with E-state index in [0.29, 0.717) is 27.1 Å². The van der Waals surface area contributed by atoms with Gasteiger partial charge in [-0.15, -0.1) is 0 Å². The molecule has 16 heavy (non-hydrogen) atoms. The normalized spacial score (nSPS) is 10.4. The van der Waals surface area contributed by atoms with Crippen molar-refractivity contribution in [2.75, 3.05) is 7.11 Å². The second-order valence-electron chi connectivity index (χ2n) is 3.17. The molecule has 5 heteroatoms. The first-order chi connectivity index (χ1) is 7.69. The number of aromatic nitrogens is 2. The Morgan fingerprint density at radius 1 is 1.69 bits per heavy atom. The van der Waals surface area contributed by atoms with Crippen LogP contribution in [0.25, 0.3) is 17.0 Å². The van der Waals surface area contributed by atoms with Gasteiger partial charge in [-0.1, -0.05) is 24.3 Å². The summed E-state index contributed by atoms with van der Waals surface area (Å²) in [7, 11) is 1.32. The number of halogens is 1. The molecule has 0 fully saturated rings. The Balaban J connectivity index is 2.87. The predicted octanol–water partition coefficient (Wildman–Crippen LogP) is 2.65. The standard InChI is InChI=1S/C11H9ClN2O2/c1-3-6-8(12)4-9-7(5-13-14-9)10(6)11(15)16-2/h3-5H,1H2,2H3,(H,13,14). The van der Waals surface area contributed by atoms with Gasteiger partial charge in [0, 0.05) is 10.9 Å². The first-order valence-electron chi connectivity index (χ1n) is 4.55. The quantitative estimate of drug-likeness (QED) is 0.816. The van der Waals surface area contributed by atoms with Crippen molar-refractivity contribution in [3.05, 3.63) is 35.0 Å². The summed E-state index contributed by atoms with van der Waals surface area (Å²) in [5.74, 6) is -0.455. The number of H-pyrrole nitrogens is 1. The maximum atomic E-state index is 11.7. The number of hydrogen-bond donors (Lipinski definition) is 1. The highest BCUT2D eigenvalue weighted by molar-refractivity contribution is 6.34. The molecule has 1 aromatic carbocycles. The van der Waals surface area contributed by atoms with E-state index < -0.39 is 5.97 Å². The van der Waals surface area contributed by atoms with E-state index in [1.807, 2.05) is 0 Å². The number of benzene rings is 1. The number of hydrogen-bond acceptors (Lipinski definition) is 3. The van der Waals surface area contributed by atoms with E-state index in [2.05, 4.69) is 16.8 Å². The molecule has 0 unspecified atom stereocenters. The van der Waals surface area contributed by atoms with Crippen LogP contribution in [0.5, 0.6) is 0 Å². The van der Waals surface area contributed by atoms with Crippen LogP contribution < -0.4 is 0 Å². The molecule has 4 nitrogen and oxygen atoms in total. The van der Waals surface area contributed by atoms with Gasteiger partial charge in [0.05, 0.1) is 29.4 Å². The first-order valence-corrected chi connectivity index (χ1v) is 4.93. The van der Waals surface area contributed by atoms with Crippen LogP contribution in [0.3, 0.4) is 0 Å². The zero-order chi connectivity index (χ0) is 11.7. The minimum absolute atomic E-state index is 0.383. The summed E-state index contributed by atoms with van der Waals surface area (Å²) in [4.78, 5) is 11.7. The van der Waals surface area contributed by atoms with E-state index in [4.69, 9.17) is 16.3 Å². The van der Waals surface area contributed by atoms with Gasteiger partial charge in [0.25, 0.3) is 0 Å². The van der Waals surface area contributed by atoms with Crippen LogP contribution in [0.4, 0.5) is 0 Å². The van der Waals surface area contributed by atoms with E-state index in [-0.39, 0.29) is 0 Å². The lowest BCUT2D eigenvalue weighted by Crippen LogP contribution is -2.04. The fourth-order valence-corrected chi connectivity index (χ4v) is 1.88. The maximum Gasteiger partial charge on any atom is 0.339 e. The Labute approximate surface area is 96.9 Å². The summed E-state index contributed by atoms with van der Waals surface area (Å²) < 4.78 is 4.72. The van der Waals surface area contributed by atoms with Crippen LogP contribution in [0, 0.1) is 0 Å². The largest absolute Gasteiger partial charge is 0.465 e. The predicted molar refractivity (Wildman–Crippen MR) is 62.5 cm³/mol. The molecule has 82 valence electrons. The summed E-state index contributed by atoms with van der Waals surface area (Å²) >= 11 is 6.04. The Morgan fingerprint density at radius 3 is 3.06 bits per heavy atom. The van der Waals surface area contributed by atoms with Gasteiger partial charge in [-0.3, -0.25) is 5.10 Å². The average Bonchev–Trinajstić information content (AvgIpc) is 2.73. The third-order valence-electron chi connectivity index (χ3n) is 2.33. The number of nitrogens with zero attached hydrogens (tertiary/aromatic N) is 1.